The van der Waals surface area contributed by atoms with Crippen molar-refractivity contribution in [2.24, 2.45) is 11.7 Å². The van der Waals surface area contributed by atoms with Crippen LogP contribution in [0.4, 0.5) is 5.00 Å². The average Bonchev–Trinajstić information content (AvgIpc) is 3.33. The summed E-state index contributed by atoms with van der Waals surface area (Å²) in [6.07, 6.45) is 4.02. The van der Waals surface area contributed by atoms with Crippen LogP contribution in [0.3, 0.4) is 0 Å². The number of carbonyl (C=O) groups is 2. The zero-order valence-electron chi connectivity index (χ0n) is 17.2. The van der Waals surface area contributed by atoms with Crippen molar-refractivity contribution < 1.29 is 9.59 Å². The summed E-state index contributed by atoms with van der Waals surface area (Å²) < 4.78 is 0. The van der Waals surface area contributed by atoms with Gasteiger partial charge in [-0.3, -0.25) is 9.59 Å². The Kier molecular flexibility index (Phi) is 8.25. The van der Waals surface area contributed by atoms with Crippen LogP contribution in [0.1, 0.15) is 58.5 Å². The van der Waals surface area contributed by atoms with Gasteiger partial charge in [0.2, 0.25) is 0 Å². The lowest BCUT2D eigenvalue weighted by atomic mass is 10.0. The van der Waals surface area contributed by atoms with Crippen LogP contribution < -0.4 is 11.1 Å². The monoisotopic (exact) mass is 435 g/mol. The molecule has 1 aliphatic rings. The maximum atomic E-state index is 12.8. The van der Waals surface area contributed by atoms with Gasteiger partial charge in [-0.15, -0.1) is 23.7 Å². The highest BCUT2D eigenvalue weighted by molar-refractivity contribution is 7.14. The Balaban J connectivity index is 0.00000300. The fourth-order valence-electron chi connectivity index (χ4n) is 3.45. The van der Waals surface area contributed by atoms with Crippen LogP contribution in [0.2, 0.25) is 0 Å². The smallest absolute Gasteiger partial charge is 0.256 e. The molecule has 1 aromatic carbocycles. The lowest BCUT2D eigenvalue weighted by Gasteiger charge is -2.21. The number of aryl methyl sites for hydroxylation is 2. The van der Waals surface area contributed by atoms with Crippen molar-refractivity contribution in [1.82, 2.24) is 4.90 Å². The summed E-state index contributed by atoms with van der Waals surface area (Å²) >= 11 is 1.37. The van der Waals surface area contributed by atoms with Crippen molar-refractivity contribution in [3.63, 3.8) is 0 Å². The number of nitrogens with two attached hydrogens (primary N) is 1. The number of benzene rings is 1. The third-order valence-electron chi connectivity index (χ3n) is 5.48. The fraction of sp³-hybridized carbons (Fsp3) is 0.455. The highest BCUT2D eigenvalue weighted by Gasteiger charge is 2.21. The molecule has 0 radical (unpaired) electrons. The molecule has 1 aliphatic carbocycles. The summed E-state index contributed by atoms with van der Waals surface area (Å²) in [6, 6.07) is 7.73. The maximum absolute atomic E-state index is 12.8. The molecule has 2 amide bonds. The molecule has 158 valence electrons. The number of nitrogens with zero attached hydrogens (tertiary/aromatic N) is 1. The predicted molar refractivity (Wildman–Crippen MR) is 122 cm³/mol. The van der Waals surface area contributed by atoms with Gasteiger partial charge in [-0.05, 0) is 66.3 Å². The van der Waals surface area contributed by atoms with Gasteiger partial charge in [0.1, 0.15) is 5.00 Å². The molecule has 7 heteroatoms. The van der Waals surface area contributed by atoms with Crippen molar-refractivity contribution in [2.45, 2.75) is 45.6 Å². The molecule has 0 aliphatic heterocycles. The number of fused-ring (bicyclic) bond motifs is 1. The first-order valence-electron chi connectivity index (χ1n) is 9.88. The van der Waals surface area contributed by atoms with E-state index in [-0.39, 0.29) is 30.3 Å². The first kappa shape index (κ1) is 23.4. The molecular formula is C22H30ClN3O2S. The topological polar surface area (TPSA) is 75.4 Å². The number of nitrogens with one attached hydrogen (secondary N) is 1. The zero-order valence-corrected chi connectivity index (χ0v) is 18.9. The third-order valence-corrected chi connectivity index (χ3v) is 6.31. The second-order valence-electron chi connectivity index (χ2n) is 7.88. The predicted octanol–water partition coefficient (Wildman–Crippen LogP) is 4.36. The average molecular weight is 436 g/mol. The minimum atomic E-state index is -0.171. The number of anilines is 1. The molecule has 3 rings (SSSR count). The van der Waals surface area contributed by atoms with Crippen LogP contribution in [0.25, 0.3) is 0 Å². The second kappa shape index (κ2) is 10.2. The Morgan fingerprint density at radius 1 is 1.21 bits per heavy atom. The van der Waals surface area contributed by atoms with Gasteiger partial charge < -0.3 is 16.0 Å². The lowest BCUT2D eigenvalue weighted by Crippen LogP contribution is -2.34. The zero-order chi connectivity index (χ0) is 20.3. The van der Waals surface area contributed by atoms with E-state index in [1.54, 1.807) is 18.0 Å². The van der Waals surface area contributed by atoms with Gasteiger partial charge in [0, 0.05) is 25.2 Å². The molecular weight excluding hydrogens is 406 g/mol. The van der Waals surface area contributed by atoms with E-state index in [1.807, 2.05) is 23.6 Å². The quantitative estimate of drug-likeness (QED) is 0.678. The fourth-order valence-corrected chi connectivity index (χ4v) is 4.22. The van der Waals surface area contributed by atoms with Gasteiger partial charge in [0.15, 0.2) is 0 Å². The number of hydrogen-bond donors (Lipinski definition) is 2. The third kappa shape index (κ3) is 5.59. The number of halogens is 1. The molecule has 0 bridgehead atoms. The second-order valence-corrected chi connectivity index (χ2v) is 8.79. The Morgan fingerprint density at radius 2 is 1.93 bits per heavy atom. The van der Waals surface area contributed by atoms with Gasteiger partial charge >= 0.3 is 0 Å². The molecule has 2 aromatic rings. The van der Waals surface area contributed by atoms with E-state index in [0.717, 1.165) is 25.7 Å². The highest BCUT2D eigenvalue weighted by Crippen LogP contribution is 2.27. The van der Waals surface area contributed by atoms with Crippen molar-refractivity contribution >= 4 is 40.6 Å². The summed E-state index contributed by atoms with van der Waals surface area (Å²) in [5.41, 5.74) is 9.86. The van der Waals surface area contributed by atoms with Gasteiger partial charge in [0.05, 0.1) is 5.56 Å². The van der Waals surface area contributed by atoms with Crippen molar-refractivity contribution in [3.8, 4) is 0 Å². The van der Waals surface area contributed by atoms with Crippen molar-refractivity contribution in [1.29, 1.82) is 0 Å². The van der Waals surface area contributed by atoms with Crippen molar-refractivity contribution in [2.75, 3.05) is 18.9 Å². The Labute approximate surface area is 183 Å². The minimum Gasteiger partial charge on any atom is -0.342 e. The van der Waals surface area contributed by atoms with Crippen LogP contribution in [0.15, 0.2) is 29.6 Å². The number of thiophene rings is 1. The van der Waals surface area contributed by atoms with Gasteiger partial charge in [0.25, 0.3) is 11.8 Å². The molecule has 1 heterocycles. The van der Waals surface area contributed by atoms with E-state index in [9.17, 15) is 9.59 Å². The Morgan fingerprint density at radius 3 is 2.66 bits per heavy atom. The summed E-state index contributed by atoms with van der Waals surface area (Å²) in [7, 11) is 1.78. The SMILES string of the molecule is CC(C)C(N)CCN(C)C(=O)c1ccsc1NC(=O)c1ccc2c(c1)CCC2.Cl. The number of amides is 2. The van der Waals surface area contributed by atoms with Crippen LogP contribution in [-0.4, -0.2) is 36.3 Å². The molecule has 5 nitrogen and oxygen atoms in total. The summed E-state index contributed by atoms with van der Waals surface area (Å²) in [5, 5.41) is 5.35. The standard InChI is InChI=1S/C22H29N3O2S.ClH/c1-14(2)19(23)9-11-25(3)22(27)18-10-12-28-21(18)24-20(26)17-8-7-15-5-4-6-16(15)13-17;/h7-8,10,12-14,19H,4-6,9,11,23H2,1-3H3,(H,24,26);1H. The number of hydrogen-bond acceptors (Lipinski definition) is 4. The summed E-state index contributed by atoms with van der Waals surface area (Å²) in [6.45, 7) is 4.75. The molecule has 0 saturated carbocycles. The molecule has 29 heavy (non-hydrogen) atoms. The van der Waals surface area contributed by atoms with E-state index in [4.69, 9.17) is 5.73 Å². The first-order chi connectivity index (χ1) is 13.4. The van der Waals surface area contributed by atoms with Gasteiger partial charge in [-0.2, -0.15) is 0 Å². The normalized spacial score (nSPS) is 13.6. The van der Waals surface area contributed by atoms with Crippen LogP contribution in [0, 0.1) is 5.92 Å². The van der Waals surface area contributed by atoms with Crippen LogP contribution in [-0.2, 0) is 12.8 Å². The lowest BCUT2D eigenvalue weighted by molar-refractivity contribution is 0.0790. The molecule has 1 unspecified atom stereocenters. The van der Waals surface area contributed by atoms with Crippen LogP contribution >= 0.6 is 23.7 Å². The largest absolute Gasteiger partial charge is 0.342 e. The summed E-state index contributed by atoms with van der Waals surface area (Å²) in [5.74, 6) is 0.115. The van der Waals surface area contributed by atoms with Crippen molar-refractivity contribution in [3.05, 3.63) is 51.9 Å². The Bertz CT molecular complexity index is 865. The van der Waals surface area contributed by atoms with E-state index in [0.29, 0.717) is 28.6 Å². The molecule has 1 aromatic heterocycles. The van der Waals surface area contributed by atoms with E-state index in [2.05, 4.69) is 19.2 Å². The van der Waals surface area contributed by atoms with Crippen LogP contribution in [0.5, 0.6) is 0 Å². The summed E-state index contributed by atoms with van der Waals surface area (Å²) in [4.78, 5) is 27.2. The number of carbonyl (C=O) groups excluding carboxylic acids is 2. The van der Waals surface area contributed by atoms with E-state index in [1.165, 1.54) is 22.5 Å². The van der Waals surface area contributed by atoms with E-state index >= 15 is 0 Å². The minimum absolute atomic E-state index is 0. The van der Waals surface area contributed by atoms with Gasteiger partial charge in [-0.25, -0.2) is 0 Å². The number of rotatable bonds is 7. The highest BCUT2D eigenvalue weighted by atomic mass is 35.5. The Hall–Kier alpha value is -1.89. The molecule has 1 atom stereocenters. The molecule has 0 saturated heterocycles. The molecule has 3 N–H and O–H groups in total. The van der Waals surface area contributed by atoms with E-state index < -0.39 is 0 Å². The molecule has 0 spiro atoms. The maximum Gasteiger partial charge on any atom is 0.256 e. The van der Waals surface area contributed by atoms with Gasteiger partial charge in [-0.1, -0.05) is 19.9 Å². The molecule has 0 fully saturated rings. The first-order valence-corrected chi connectivity index (χ1v) is 10.8.